The van der Waals surface area contributed by atoms with Crippen molar-refractivity contribution in [2.24, 2.45) is 0 Å². The van der Waals surface area contributed by atoms with E-state index in [-0.39, 0.29) is 4.75 Å². The third-order valence-electron chi connectivity index (χ3n) is 4.34. The lowest BCUT2D eigenvalue weighted by Crippen LogP contribution is -2.43. The maximum atomic E-state index is 5.58. The molecular formula is C20H18O2S. The maximum absolute atomic E-state index is 5.58. The van der Waals surface area contributed by atoms with Gasteiger partial charge in [-0.1, -0.05) is 48.5 Å². The van der Waals surface area contributed by atoms with Crippen LogP contribution in [0.5, 0.6) is 5.75 Å². The average molecular weight is 322 g/mol. The third kappa shape index (κ3) is 2.60. The highest BCUT2D eigenvalue weighted by Gasteiger charge is 2.41. The van der Waals surface area contributed by atoms with Crippen molar-refractivity contribution in [2.75, 3.05) is 20.3 Å². The van der Waals surface area contributed by atoms with Crippen LogP contribution in [0.1, 0.15) is 5.56 Å². The molecule has 1 aliphatic heterocycles. The van der Waals surface area contributed by atoms with Gasteiger partial charge >= 0.3 is 0 Å². The summed E-state index contributed by atoms with van der Waals surface area (Å²) in [4.78, 5) is 1.31. The van der Waals surface area contributed by atoms with Crippen LogP contribution in [0.4, 0.5) is 0 Å². The molecule has 0 saturated carbocycles. The van der Waals surface area contributed by atoms with E-state index in [1.165, 1.54) is 21.2 Å². The highest BCUT2D eigenvalue weighted by molar-refractivity contribution is 8.00. The summed E-state index contributed by atoms with van der Waals surface area (Å²) in [7, 11) is 1.70. The van der Waals surface area contributed by atoms with Crippen molar-refractivity contribution >= 4 is 22.5 Å². The van der Waals surface area contributed by atoms with E-state index in [0.29, 0.717) is 0 Å². The molecule has 3 heteroatoms. The summed E-state index contributed by atoms with van der Waals surface area (Å²) in [6.45, 7) is 1.49. The minimum atomic E-state index is -0.00358. The molecule has 1 heterocycles. The van der Waals surface area contributed by atoms with Crippen LogP contribution in [0.25, 0.3) is 10.8 Å². The van der Waals surface area contributed by atoms with E-state index >= 15 is 0 Å². The fourth-order valence-corrected chi connectivity index (χ4v) is 4.36. The van der Waals surface area contributed by atoms with Crippen LogP contribution in [0, 0.1) is 0 Å². The Labute approximate surface area is 140 Å². The minimum absolute atomic E-state index is 0.00358. The Hall–Kier alpha value is -1.97. The molecule has 2 nitrogen and oxygen atoms in total. The zero-order valence-corrected chi connectivity index (χ0v) is 13.8. The Morgan fingerprint density at radius 2 is 1.65 bits per heavy atom. The molecule has 0 aliphatic carbocycles. The van der Waals surface area contributed by atoms with Crippen LogP contribution in [0.2, 0.25) is 0 Å². The van der Waals surface area contributed by atoms with Gasteiger partial charge in [0.25, 0.3) is 0 Å². The fraction of sp³-hybridized carbons (Fsp3) is 0.200. The first-order valence-corrected chi connectivity index (χ1v) is 8.51. The van der Waals surface area contributed by atoms with Crippen LogP contribution in [-0.4, -0.2) is 20.3 Å². The summed E-state index contributed by atoms with van der Waals surface area (Å²) >= 11 is 1.91. The molecule has 3 aromatic carbocycles. The molecule has 116 valence electrons. The third-order valence-corrected chi connectivity index (χ3v) is 5.78. The van der Waals surface area contributed by atoms with Crippen molar-refractivity contribution < 1.29 is 9.47 Å². The minimum Gasteiger partial charge on any atom is -0.497 e. The maximum Gasteiger partial charge on any atom is 0.118 e. The average Bonchev–Trinajstić information content (AvgIpc) is 2.58. The van der Waals surface area contributed by atoms with Crippen LogP contribution < -0.4 is 4.74 Å². The van der Waals surface area contributed by atoms with Gasteiger partial charge in [-0.2, -0.15) is 0 Å². The summed E-state index contributed by atoms with van der Waals surface area (Å²) in [5, 5.41) is 2.59. The first kappa shape index (κ1) is 14.6. The first-order chi connectivity index (χ1) is 11.3. The zero-order valence-electron chi connectivity index (χ0n) is 13.0. The number of benzene rings is 3. The second-order valence-corrected chi connectivity index (χ2v) is 7.22. The summed E-state index contributed by atoms with van der Waals surface area (Å²) in [5.41, 5.74) is 1.29. The number of methoxy groups -OCH3 is 1. The molecule has 0 atom stereocenters. The predicted octanol–water partition coefficient (Wildman–Crippen LogP) is 4.87. The highest BCUT2D eigenvalue weighted by atomic mass is 32.2. The monoisotopic (exact) mass is 322 g/mol. The van der Waals surface area contributed by atoms with Crippen LogP contribution in [0.15, 0.2) is 71.6 Å². The van der Waals surface area contributed by atoms with Gasteiger partial charge in [-0.05, 0) is 34.5 Å². The first-order valence-electron chi connectivity index (χ1n) is 7.70. The van der Waals surface area contributed by atoms with Gasteiger partial charge in [0.05, 0.1) is 25.1 Å². The lowest BCUT2D eigenvalue weighted by Gasteiger charge is -2.41. The van der Waals surface area contributed by atoms with E-state index < -0.39 is 0 Å². The smallest absolute Gasteiger partial charge is 0.118 e. The van der Waals surface area contributed by atoms with Gasteiger partial charge in [0.1, 0.15) is 5.75 Å². The van der Waals surface area contributed by atoms with Gasteiger partial charge < -0.3 is 9.47 Å². The van der Waals surface area contributed by atoms with E-state index in [4.69, 9.17) is 9.47 Å². The standard InChI is InChI=1S/C20H18O2S/c1-21-17-11-9-16(10-12-17)20(13-22-14-20)23-19-8-4-6-15-5-2-3-7-18(15)19/h2-12H,13-14H2,1H3. The van der Waals surface area contributed by atoms with Crippen LogP contribution in [-0.2, 0) is 9.48 Å². The van der Waals surface area contributed by atoms with Gasteiger partial charge in [-0.25, -0.2) is 0 Å². The zero-order chi connectivity index (χ0) is 15.7. The van der Waals surface area contributed by atoms with E-state index in [2.05, 4.69) is 54.6 Å². The molecule has 0 spiro atoms. The van der Waals surface area contributed by atoms with E-state index in [1.807, 2.05) is 23.9 Å². The van der Waals surface area contributed by atoms with E-state index in [1.54, 1.807) is 7.11 Å². The molecule has 0 aromatic heterocycles. The molecule has 0 bridgehead atoms. The topological polar surface area (TPSA) is 18.5 Å². The fourth-order valence-electron chi connectivity index (χ4n) is 2.96. The number of hydrogen-bond acceptors (Lipinski definition) is 3. The number of rotatable bonds is 4. The second kappa shape index (κ2) is 5.91. The number of hydrogen-bond donors (Lipinski definition) is 0. The van der Waals surface area contributed by atoms with E-state index in [9.17, 15) is 0 Å². The normalized spacial score (nSPS) is 16.0. The molecule has 3 aromatic rings. The van der Waals surface area contributed by atoms with Gasteiger partial charge in [-0.15, -0.1) is 11.8 Å². The van der Waals surface area contributed by atoms with Crippen molar-refractivity contribution in [3.8, 4) is 5.75 Å². The Morgan fingerprint density at radius 1 is 0.913 bits per heavy atom. The molecule has 1 fully saturated rings. The Bertz CT molecular complexity index is 817. The number of fused-ring (bicyclic) bond motifs is 1. The molecule has 23 heavy (non-hydrogen) atoms. The van der Waals surface area contributed by atoms with E-state index in [0.717, 1.165) is 19.0 Å². The lowest BCUT2D eigenvalue weighted by atomic mass is 9.96. The molecular weight excluding hydrogens is 304 g/mol. The molecule has 0 amide bonds. The van der Waals surface area contributed by atoms with Gasteiger partial charge in [-0.3, -0.25) is 0 Å². The number of ether oxygens (including phenoxy) is 2. The summed E-state index contributed by atoms with van der Waals surface area (Å²) < 4.78 is 10.8. The molecule has 0 N–H and O–H groups in total. The second-order valence-electron chi connectivity index (χ2n) is 5.79. The van der Waals surface area contributed by atoms with Crippen molar-refractivity contribution in [2.45, 2.75) is 9.64 Å². The lowest BCUT2D eigenvalue weighted by molar-refractivity contribution is -0.0108. The van der Waals surface area contributed by atoms with Crippen LogP contribution >= 0.6 is 11.8 Å². The Morgan fingerprint density at radius 3 is 2.35 bits per heavy atom. The van der Waals surface area contributed by atoms with Crippen LogP contribution in [0.3, 0.4) is 0 Å². The SMILES string of the molecule is COc1ccc(C2(Sc3cccc4ccccc34)COC2)cc1. The Kier molecular flexibility index (Phi) is 3.76. The van der Waals surface area contributed by atoms with Gasteiger partial charge in [0.15, 0.2) is 0 Å². The molecule has 0 radical (unpaired) electrons. The summed E-state index contributed by atoms with van der Waals surface area (Å²) in [6.07, 6.45) is 0. The summed E-state index contributed by atoms with van der Waals surface area (Å²) in [5.74, 6) is 0.888. The highest BCUT2D eigenvalue weighted by Crippen LogP contribution is 2.48. The quantitative estimate of drug-likeness (QED) is 0.683. The Balaban J connectivity index is 1.72. The molecule has 1 aliphatic rings. The predicted molar refractivity (Wildman–Crippen MR) is 95.3 cm³/mol. The molecule has 0 unspecified atom stereocenters. The largest absolute Gasteiger partial charge is 0.497 e. The van der Waals surface area contributed by atoms with Gasteiger partial charge in [0.2, 0.25) is 0 Å². The summed E-state index contributed by atoms with van der Waals surface area (Å²) in [6, 6.07) is 23.4. The van der Waals surface area contributed by atoms with Gasteiger partial charge in [0, 0.05) is 4.90 Å². The van der Waals surface area contributed by atoms with Crippen molar-refractivity contribution in [3.63, 3.8) is 0 Å². The molecule has 1 saturated heterocycles. The van der Waals surface area contributed by atoms with Crippen molar-refractivity contribution in [3.05, 3.63) is 72.3 Å². The van der Waals surface area contributed by atoms with Crippen molar-refractivity contribution in [1.82, 2.24) is 0 Å². The van der Waals surface area contributed by atoms with Crippen molar-refractivity contribution in [1.29, 1.82) is 0 Å². The number of thioether (sulfide) groups is 1. The molecule has 4 rings (SSSR count).